The molecular formula is C13H10Cl2N2O2. The fourth-order valence-electron chi connectivity index (χ4n) is 1.43. The summed E-state index contributed by atoms with van der Waals surface area (Å²) in [6.45, 7) is 0. The first kappa shape index (κ1) is 13.6. The minimum Gasteiger partial charge on any atom is -0.497 e. The molecule has 98 valence electrons. The van der Waals surface area contributed by atoms with E-state index < -0.39 is 0 Å². The second kappa shape index (κ2) is 5.91. The van der Waals surface area contributed by atoms with E-state index in [0.717, 1.165) is 0 Å². The van der Waals surface area contributed by atoms with Gasteiger partial charge >= 0.3 is 0 Å². The molecule has 0 bridgehead atoms. The van der Waals surface area contributed by atoms with Crippen LogP contribution >= 0.6 is 23.2 Å². The Hall–Kier alpha value is -1.78. The van der Waals surface area contributed by atoms with E-state index in [2.05, 4.69) is 10.3 Å². The highest BCUT2D eigenvalue weighted by molar-refractivity contribution is 6.34. The van der Waals surface area contributed by atoms with Gasteiger partial charge in [-0.15, -0.1) is 0 Å². The number of rotatable bonds is 3. The third kappa shape index (κ3) is 3.36. The quantitative estimate of drug-likeness (QED) is 0.880. The number of nitrogens with one attached hydrogen (secondary N) is 1. The normalized spacial score (nSPS) is 10.1. The van der Waals surface area contributed by atoms with Crippen molar-refractivity contribution in [3.8, 4) is 5.75 Å². The maximum Gasteiger partial charge on any atom is 0.257 e. The maximum atomic E-state index is 12.0. The van der Waals surface area contributed by atoms with Crippen LogP contribution in [-0.2, 0) is 0 Å². The van der Waals surface area contributed by atoms with E-state index in [-0.39, 0.29) is 5.91 Å². The Kier molecular flexibility index (Phi) is 4.24. The van der Waals surface area contributed by atoms with Gasteiger partial charge in [-0.1, -0.05) is 23.2 Å². The standard InChI is InChI=1S/C13H10Cl2N2O2/c1-19-9-3-4-10(14)11(6-9)17-13(18)8-2-5-12(15)16-7-8/h2-7H,1H3,(H,17,18). The molecule has 1 aromatic carbocycles. The number of carbonyl (C=O) groups is 1. The first-order chi connectivity index (χ1) is 9.10. The molecule has 1 amide bonds. The van der Waals surface area contributed by atoms with Gasteiger partial charge in [-0.05, 0) is 24.3 Å². The average molecular weight is 297 g/mol. The lowest BCUT2D eigenvalue weighted by Crippen LogP contribution is -2.12. The Labute approximate surface area is 120 Å². The van der Waals surface area contributed by atoms with Crippen LogP contribution in [0.4, 0.5) is 5.69 Å². The number of anilines is 1. The van der Waals surface area contributed by atoms with Crippen molar-refractivity contribution < 1.29 is 9.53 Å². The molecule has 0 spiro atoms. The van der Waals surface area contributed by atoms with Crippen molar-refractivity contribution in [2.45, 2.75) is 0 Å². The van der Waals surface area contributed by atoms with E-state index in [0.29, 0.717) is 27.2 Å². The van der Waals surface area contributed by atoms with Gasteiger partial charge in [0.1, 0.15) is 10.9 Å². The molecule has 1 N–H and O–H groups in total. The smallest absolute Gasteiger partial charge is 0.257 e. The minimum atomic E-state index is -0.320. The number of ether oxygens (including phenoxy) is 1. The van der Waals surface area contributed by atoms with Gasteiger partial charge in [0.2, 0.25) is 0 Å². The fraction of sp³-hybridized carbons (Fsp3) is 0.0769. The maximum absolute atomic E-state index is 12.0. The van der Waals surface area contributed by atoms with Crippen molar-refractivity contribution in [2.75, 3.05) is 12.4 Å². The lowest BCUT2D eigenvalue weighted by Gasteiger charge is -2.09. The van der Waals surface area contributed by atoms with E-state index >= 15 is 0 Å². The second-order valence-corrected chi connectivity index (χ2v) is 4.46. The number of nitrogens with zero attached hydrogens (tertiary/aromatic N) is 1. The molecule has 0 saturated carbocycles. The van der Waals surface area contributed by atoms with Crippen LogP contribution in [0.1, 0.15) is 10.4 Å². The first-order valence-corrected chi connectivity index (χ1v) is 6.12. The van der Waals surface area contributed by atoms with Gasteiger partial charge in [0, 0.05) is 12.3 Å². The minimum absolute atomic E-state index is 0.320. The molecule has 0 saturated heterocycles. The van der Waals surface area contributed by atoms with Crippen molar-refractivity contribution in [2.24, 2.45) is 0 Å². The van der Waals surface area contributed by atoms with Crippen LogP contribution in [0.25, 0.3) is 0 Å². The number of methoxy groups -OCH3 is 1. The predicted molar refractivity (Wildman–Crippen MR) is 75.2 cm³/mol. The van der Waals surface area contributed by atoms with Crippen LogP contribution in [0.2, 0.25) is 10.2 Å². The monoisotopic (exact) mass is 296 g/mol. The Morgan fingerprint density at radius 2 is 2.05 bits per heavy atom. The summed E-state index contributed by atoms with van der Waals surface area (Å²) in [5, 5.41) is 3.44. The molecule has 6 heteroatoms. The molecule has 0 aliphatic carbocycles. The fourth-order valence-corrected chi connectivity index (χ4v) is 1.71. The van der Waals surface area contributed by atoms with Gasteiger partial charge in [-0.25, -0.2) is 4.98 Å². The number of carbonyl (C=O) groups excluding carboxylic acids is 1. The van der Waals surface area contributed by atoms with Crippen molar-refractivity contribution in [1.82, 2.24) is 4.98 Å². The van der Waals surface area contributed by atoms with Crippen molar-refractivity contribution >= 4 is 34.8 Å². The summed E-state index contributed by atoms with van der Waals surface area (Å²) in [6.07, 6.45) is 1.39. The number of hydrogen-bond acceptors (Lipinski definition) is 3. The van der Waals surface area contributed by atoms with Crippen LogP contribution < -0.4 is 10.1 Å². The number of pyridine rings is 1. The molecule has 0 unspecified atom stereocenters. The lowest BCUT2D eigenvalue weighted by molar-refractivity contribution is 0.102. The molecule has 0 fully saturated rings. The lowest BCUT2D eigenvalue weighted by atomic mass is 10.2. The van der Waals surface area contributed by atoms with E-state index in [4.69, 9.17) is 27.9 Å². The zero-order valence-corrected chi connectivity index (χ0v) is 11.5. The van der Waals surface area contributed by atoms with Crippen molar-refractivity contribution in [1.29, 1.82) is 0 Å². The Balaban J connectivity index is 2.21. The number of amides is 1. The molecule has 0 radical (unpaired) electrons. The van der Waals surface area contributed by atoms with Crippen LogP contribution in [0.15, 0.2) is 36.5 Å². The van der Waals surface area contributed by atoms with Crippen molar-refractivity contribution in [3.63, 3.8) is 0 Å². The molecular weight excluding hydrogens is 287 g/mol. The predicted octanol–water partition coefficient (Wildman–Crippen LogP) is 3.65. The summed E-state index contributed by atoms with van der Waals surface area (Å²) >= 11 is 11.7. The summed E-state index contributed by atoms with van der Waals surface area (Å²) in [7, 11) is 1.54. The highest BCUT2D eigenvalue weighted by atomic mass is 35.5. The number of halogens is 2. The molecule has 0 atom stereocenters. The Morgan fingerprint density at radius 3 is 2.68 bits per heavy atom. The Morgan fingerprint density at radius 1 is 1.26 bits per heavy atom. The molecule has 19 heavy (non-hydrogen) atoms. The number of aromatic nitrogens is 1. The molecule has 2 aromatic rings. The molecule has 1 heterocycles. The number of benzene rings is 1. The summed E-state index contributed by atoms with van der Waals surface area (Å²) in [5.41, 5.74) is 0.865. The van der Waals surface area contributed by atoms with E-state index in [1.165, 1.54) is 13.3 Å². The van der Waals surface area contributed by atoms with Gasteiger partial charge in [-0.3, -0.25) is 4.79 Å². The third-order valence-corrected chi connectivity index (χ3v) is 2.96. The average Bonchev–Trinajstić information content (AvgIpc) is 2.42. The van der Waals surface area contributed by atoms with E-state index in [9.17, 15) is 4.79 Å². The summed E-state index contributed by atoms with van der Waals surface area (Å²) in [5.74, 6) is 0.285. The summed E-state index contributed by atoms with van der Waals surface area (Å²) in [4.78, 5) is 15.8. The van der Waals surface area contributed by atoms with Gasteiger partial charge in [0.05, 0.1) is 23.4 Å². The first-order valence-electron chi connectivity index (χ1n) is 5.36. The zero-order chi connectivity index (χ0) is 13.8. The van der Waals surface area contributed by atoms with E-state index in [1.54, 1.807) is 30.3 Å². The summed E-state index contributed by atoms with van der Waals surface area (Å²) in [6, 6.07) is 8.13. The van der Waals surface area contributed by atoms with Crippen LogP contribution in [0, 0.1) is 0 Å². The molecule has 2 rings (SSSR count). The molecule has 0 aliphatic rings. The highest BCUT2D eigenvalue weighted by Crippen LogP contribution is 2.27. The highest BCUT2D eigenvalue weighted by Gasteiger charge is 2.09. The molecule has 1 aromatic heterocycles. The third-order valence-electron chi connectivity index (χ3n) is 2.41. The SMILES string of the molecule is COc1ccc(Cl)c(NC(=O)c2ccc(Cl)nc2)c1. The van der Waals surface area contributed by atoms with Gasteiger partial charge in [-0.2, -0.15) is 0 Å². The topological polar surface area (TPSA) is 51.2 Å². The van der Waals surface area contributed by atoms with Crippen LogP contribution in [0.5, 0.6) is 5.75 Å². The van der Waals surface area contributed by atoms with Gasteiger partial charge in [0.15, 0.2) is 0 Å². The second-order valence-electron chi connectivity index (χ2n) is 3.67. The van der Waals surface area contributed by atoms with Gasteiger partial charge in [0.25, 0.3) is 5.91 Å². The number of hydrogen-bond donors (Lipinski definition) is 1. The van der Waals surface area contributed by atoms with Crippen molar-refractivity contribution in [3.05, 3.63) is 52.3 Å². The Bertz CT molecular complexity index is 600. The molecule has 0 aliphatic heterocycles. The van der Waals surface area contributed by atoms with E-state index in [1.807, 2.05) is 0 Å². The van der Waals surface area contributed by atoms with Gasteiger partial charge < -0.3 is 10.1 Å². The summed E-state index contributed by atoms with van der Waals surface area (Å²) < 4.78 is 5.07. The molecule has 4 nitrogen and oxygen atoms in total. The van der Waals surface area contributed by atoms with Crippen LogP contribution in [-0.4, -0.2) is 18.0 Å². The zero-order valence-electron chi connectivity index (χ0n) is 9.98. The largest absolute Gasteiger partial charge is 0.497 e. The van der Waals surface area contributed by atoms with Crippen LogP contribution in [0.3, 0.4) is 0 Å².